The highest BCUT2D eigenvalue weighted by Gasteiger charge is 2.31. The highest BCUT2D eigenvalue weighted by molar-refractivity contribution is 5.98. The number of nitrogens with zero attached hydrogens (tertiary/aromatic N) is 2. The Labute approximate surface area is 158 Å². The Morgan fingerprint density at radius 1 is 1.22 bits per heavy atom. The normalized spacial score (nSPS) is 15.0. The highest BCUT2D eigenvalue weighted by atomic mass is 19.3. The van der Waals surface area contributed by atoms with Crippen LogP contribution in [0.1, 0.15) is 37.0 Å². The van der Waals surface area contributed by atoms with Crippen LogP contribution in [0.3, 0.4) is 0 Å². The summed E-state index contributed by atoms with van der Waals surface area (Å²) in [6.45, 7) is 2.91. The molecular weight excluding hydrogens is 358 g/mol. The minimum Gasteiger partial charge on any atom is -0.493 e. The van der Waals surface area contributed by atoms with Crippen LogP contribution in [-0.2, 0) is 4.79 Å². The van der Waals surface area contributed by atoms with Crippen LogP contribution < -0.4 is 9.47 Å². The Morgan fingerprint density at radius 2 is 1.85 bits per heavy atom. The molecule has 0 saturated carbocycles. The smallest absolute Gasteiger partial charge is 0.387 e. The molecule has 0 radical (unpaired) electrons. The molecule has 1 aliphatic heterocycles. The summed E-state index contributed by atoms with van der Waals surface area (Å²) >= 11 is 0. The molecule has 0 bridgehead atoms. The highest BCUT2D eigenvalue weighted by Crippen LogP contribution is 2.34. The van der Waals surface area contributed by atoms with E-state index in [1.165, 1.54) is 19.2 Å². The van der Waals surface area contributed by atoms with Gasteiger partial charge in [-0.2, -0.15) is 8.78 Å². The topological polar surface area (TPSA) is 59.1 Å². The van der Waals surface area contributed by atoms with Crippen LogP contribution in [-0.4, -0.2) is 61.5 Å². The van der Waals surface area contributed by atoms with Crippen molar-refractivity contribution in [2.24, 2.45) is 5.92 Å². The molecule has 27 heavy (non-hydrogen) atoms. The summed E-state index contributed by atoms with van der Waals surface area (Å²) in [5.41, 5.74) is 0.0307. The lowest BCUT2D eigenvalue weighted by Gasteiger charge is -2.34. The Balaban J connectivity index is 2.11. The number of likely N-dealkylation sites (tertiary alicyclic amines) is 1. The fourth-order valence-corrected chi connectivity index (χ4v) is 3.35. The van der Waals surface area contributed by atoms with Gasteiger partial charge in [-0.05, 0) is 38.8 Å². The number of amides is 2. The number of carbonyl (C=O) groups excluding carboxylic acids is 2. The molecule has 1 saturated heterocycles. The molecule has 0 aliphatic carbocycles. The number of halogens is 2. The third-order valence-corrected chi connectivity index (χ3v) is 4.84. The minimum atomic E-state index is -3.06. The summed E-state index contributed by atoms with van der Waals surface area (Å²) in [5, 5.41) is 0. The quantitative estimate of drug-likeness (QED) is 0.725. The van der Waals surface area contributed by atoms with Crippen molar-refractivity contribution in [3.8, 4) is 11.5 Å². The fraction of sp³-hybridized carbons (Fsp3) is 0.579. The van der Waals surface area contributed by atoms with Crippen molar-refractivity contribution in [3.63, 3.8) is 0 Å². The van der Waals surface area contributed by atoms with Crippen LogP contribution in [0.4, 0.5) is 8.78 Å². The average molecular weight is 384 g/mol. The first-order chi connectivity index (χ1) is 12.9. The van der Waals surface area contributed by atoms with Gasteiger partial charge in [0.25, 0.3) is 5.91 Å². The molecular formula is C19H26F2N2O4. The third kappa shape index (κ3) is 4.87. The van der Waals surface area contributed by atoms with Gasteiger partial charge in [0.15, 0.2) is 11.5 Å². The lowest BCUT2D eigenvalue weighted by molar-refractivity contribution is -0.136. The van der Waals surface area contributed by atoms with Crippen molar-refractivity contribution in [1.29, 1.82) is 0 Å². The van der Waals surface area contributed by atoms with Gasteiger partial charge >= 0.3 is 6.61 Å². The van der Waals surface area contributed by atoms with Crippen molar-refractivity contribution >= 4 is 11.8 Å². The molecule has 0 spiro atoms. The van der Waals surface area contributed by atoms with Gasteiger partial charge in [-0.15, -0.1) is 0 Å². The molecule has 150 valence electrons. The lowest BCUT2D eigenvalue weighted by Crippen LogP contribution is -2.44. The zero-order valence-electron chi connectivity index (χ0n) is 15.9. The number of benzene rings is 1. The fourth-order valence-electron chi connectivity index (χ4n) is 3.35. The van der Waals surface area contributed by atoms with Crippen molar-refractivity contribution < 1.29 is 27.8 Å². The van der Waals surface area contributed by atoms with Crippen molar-refractivity contribution in [2.45, 2.75) is 33.3 Å². The first-order valence-electron chi connectivity index (χ1n) is 9.12. The number of hydrogen-bond donors (Lipinski definition) is 0. The number of piperidine rings is 1. The molecule has 2 rings (SSSR count). The van der Waals surface area contributed by atoms with Gasteiger partial charge < -0.3 is 19.3 Å². The number of rotatable bonds is 7. The molecule has 1 aromatic carbocycles. The second-order valence-corrected chi connectivity index (χ2v) is 6.29. The molecule has 1 aromatic rings. The molecule has 6 nitrogen and oxygen atoms in total. The Kier molecular flexibility index (Phi) is 7.38. The SMILES string of the molecule is CCN(CC)C(=O)C1CCN(C(=O)c2cccc(OC)c2OC(F)F)CC1. The Bertz CT molecular complexity index is 657. The second-order valence-electron chi connectivity index (χ2n) is 6.29. The molecule has 0 N–H and O–H groups in total. The maximum atomic E-state index is 12.8. The van der Waals surface area contributed by atoms with E-state index in [-0.39, 0.29) is 28.9 Å². The van der Waals surface area contributed by atoms with Gasteiger partial charge in [0.2, 0.25) is 5.91 Å². The molecule has 1 aliphatic rings. The number of carbonyl (C=O) groups is 2. The van der Waals surface area contributed by atoms with E-state index in [1.807, 2.05) is 13.8 Å². The lowest BCUT2D eigenvalue weighted by atomic mass is 9.94. The van der Waals surface area contributed by atoms with E-state index in [2.05, 4.69) is 4.74 Å². The predicted octanol–water partition coefficient (Wildman–Crippen LogP) is 3.02. The third-order valence-electron chi connectivity index (χ3n) is 4.84. The maximum absolute atomic E-state index is 12.8. The first-order valence-corrected chi connectivity index (χ1v) is 9.12. The first kappa shape index (κ1) is 20.9. The summed E-state index contributed by atoms with van der Waals surface area (Å²) in [6.07, 6.45) is 1.10. The Hall–Kier alpha value is -2.38. The van der Waals surface area contributed by atoms with Crippen molar-refractivity contribution in [2.75, 3.05) is 33.3 Å². The van der Waals surface area contributed by atoms with Crippen molar-refractivity contribution in [1.82, 2.24) is 9.80 Å². The number of alkyl halides is 2. The molecule has 0 aromatic heterocycles. The summed E-state index contributed by atoms with van der Waals surface area (Å²) in [6, 6.07) is 4.46. The monoisotopic (exact) mass is 384 g/mol. The van der Waals surface area contributed by atoms with Crippen LogP contribution >= 0.6 is 0 Å². The molecule has 1 heterocycles. The average Bonchev–Trinajstić information content (AvgIpc) is 2.68. The van der Waals surface area contributed by atoms with Crippen LogP contribution in [0.5, 0.6) is 11.5 Å². The minimum absolute atomic E-state index is 0.0307. The molecule has 0 atom stereocenters. The van der Waals surface area contributed by atoms with E-state index < -0.39 is 12.5 Å². The van der Waals surface area contributed by atoms with E-state index in [4.69, 9.17) is 4.74 Å². The molecule has 8 heteroatoms. The zero-order valence-corrected chi connectivity index (χ0v) is 15.9. The van der Waals surface area contributed by atoms with E-state index >= 15 is 0 Å². The number of ether oxygens (including phenoxy) is 2. The number of para-hydroxylation sites is 1. The second kappa shape index (κ2) is 9.53. The summed E-state index contributed by atoms with van der Waals surface area (Å²) in [7, 11) is 1.33. The van der Waals surface area contributed by atoms with Crippen LogP contribution in [0.15, 0.2) is 18.2 Å². The summed E-state index contributed by atoms with van der Waals surface area (Å²) in [5.74, 6) is -0.598. The zero-order chi connectivity index (χ0) is 20.0. The van der Waals surface area contributed by atoms with Gasteiger partial charge in [-0.3, -0.25) is 9.59 Å². The predicted molar refractivity (Wildman–Crippen MR) is 96.2 cm³/mol. The summed E-state index contributed by atoms with van der Waals surface area (Å²) < 4.78 is 35.1. The maximum Gasteiger partial charge on any atom is 0.387 e. The van der Waals surface area contributed by atoms with E-state index in [9.17, 15) is 18.4 Å². The van der Waals surface area contributed by atoms with Gasteiger partial charge in [0.1, 0.15) is 0 Å². The molecule has 0 unspecified atom stereocenters. The van der Waals surface area contributed by atoms with E-state index in [1.54, 1.807) is 15.9 Å². The molecule has 1 fully saturated rings. The summed E-state index contributed by atoms with van der Waals surface area (Å²) in [4.78, 5) is 28.7. The number of hydrogen-bond acceptors (Lipinski definition) is 4. The van der Waals surface area contributed by atoms with E-state index in [0.717, 1.165) is 0 Å². The van der Waals surface area contributed by atoms with Crippen LogP contribution in [0.2, 0.25) is 0 Å². The van der Waals surface area contributed by atoms with Gasteiger partial charge in [-0.25, -0.2) is 0 Å². The standard InChI is InChI=1S/C19H26F2N2O4/c1-4-22(5-2)17(24)13-9-11-23(12-10-13)18(25)14-7-6-8-15(26-3)16(14)27-19(20)21/h6-8,13,19H,4-5,9-12H2,1-3H3. The van der Waals surface area contributed by atoms with Crippen LogP contribution in [0, 0.1) is 5.92 Å². The number of methoxy groups -OCH3 is 1. The van der Waals surface area contributed by atoms with Crippen molar-refractivity contribution in [3.05, 3.63) is 23.8 Å². The van der Waals surface area contributed by atoms with Crippen LogP contribution in [0.25, 0.3) is 0 Å². The van der Waals surface area contributed by atoms with E-state index in [0.29, 0.717) is 39.0 Å². The largest absolute Gasteiger partial charge is 0.493 e. The Morgan fingerprint density at radius 3 is 2.37 bits per heavy atom. The van der Waals surface area contributed by atoms with Gasteiger partial charge in [-0.1, -0.05) is 6.07 Å². The molecule has 2 amide bonds. The van der Waals surface area contributed by atoms with Gasteiger partial charge in [0.05, 0.1) is 12.7 Å². The van der Waals surface area contributed by atoms with Gasteiger partial charge in [0, 0.05) is 32.1 Å².